The molecular formula is C17H42OS2Si4. The zero-order valence-corrected chi connectivity index (χ0v) is 23.9. The number of hydrogen-bond acceptors (Lipinski definition) is 3. The van der Waals surface area contributed by atoms with Crippen molar-refractivity contribution in [3.8, 4) is 0 Å². The molecule has 7 heteroatoms. The highest BCUT2D eigenvalue weighted by atomic mass is 32.2. The van der Waals surface area contributed by atoms with Crippen LogP contribution in [0, 0.1) is 5.92 Å². The van der Waals surface area contributed by atoms with Gasteiger partial charge in [-0.3, -0.25) is 0 Å². The number of hydrogen-bond donors (Lipinski definition) is 0. The lowest BCUT2D eigenvalue weighted by Gasteiger charge is -2.57. The molecule has 0 aromatic rings. The average Bonchev–Trinajstić information content (AvgIpc) is 2.68. The second kappa shape index (κ2) is 7.51. The van der Waals surface area contributed by atoms with Gasteiger partial charge in [-0.05, 0) is 31.3 Å². The van der Waals surface area contributed by atoms with E-state index in [1.807, 2.05) is 0 Å². The van der Waals surface area contributed by atoms with Crippen molar-refractivity contribution in [3.05, 3.63) is 0 Å². The zero-order valence-electron chi connectivity index (χ0n) is 18.3. The summed E-state index contributed by atoms with van der Waals surface area (Å²) >= 11 is 4.15. The number of rotatable bonds is 7. The molecule has 0 heterocycles. The molecule has 0 aliphatic heterocycles. The summed E-state index contributed by atoms with van der Waals surface area (Å²) in [6, 6.07) is 0. The largest absolute Gasteiger partial charge is 0.423 e. The highest BCUT2D eigenvalue weighted by molar-refractivity contribution is 8.17. The van der Waals surface area contributed by atoms with Crippen LogP contribution in [0.3, 0.4) is 0 Å². The van der Waals surface area contributed by atoms with Gasteiger partial charge in [0, 0.05) is 6.10 Å². The van der Waals surface area contributed by atoms with E-state index in [0.717, 1.165) is 5.92 Å². The maximum absolute atomic E-state index is 7.52. The molecule has 2 atom stereocenters. The molecule has 0 bridgehead atoms. The highest BCUT2D eigenvalue weighted by Gasteiger charge is 2.65. The van der Waals surface area contributed by atoms with E-state index in [1.54, 1.807) is 0 Å². The lowest BCUT2D eigenvalue weighted by atomic mass is 10.1. The SMILES string of the molecule is CSC1(SC)CC(O[Si]([Si](C)(C)C)([Si](C)(C)C)[Si](C)(C)C)CC1C. The Hall–Kier alpha value is 1.53. The van der Waals surface area contributed by atoms with E-state index in [0.29, 0.717) is 10.2 Å². The van der Waals surface area contributed by atoms with Crippen LogP contribution in [0.1, 0.15) is 19.8 Å². The minimum Gasteiger partial charge on any atom is -0.423 e. The molecule has 0 saturated heterocycles. The van der Waals surface area contributed by atoms with Gasteiger partial charge in [0.1, 0.15) is 0 Å². The summed E-state index contributed by atoms with van der Waals surface area (Å²) in [7, 11) is -4.01. The molecule has 1 aliphatic carbocycles. The Bertz CT molecular complexity index is 397. The normalized spacial score (nSPS) is 26.0. The Morgan fingerprint density at radius 1 is 0.792 bits per heavy atom. The standard InChI is InChI=1S/C17H42OS2Si4/c1-15-13-16(14-17(15,19-2)20-3)18-24(21(4,5)6,22(7,8)9)23(10,11)12/h15-16H,13-14H2,1-12H3. The maximum Gasteiger partial charge on any atom is 0.158 e. The Morgan fingerprint density at radius 3 is 1.42 bits per heavy atom. The predicted octanol–water partition coefficient (Wildman–Crippen LogP) is 6.42. The van der Waals surface area contributed by atoms with Crippen LogP contribution in [0.15, 0.2) is 0 Å². The van der Waals surface area contributed by atoms with Crippen molar-refractivity contribution >= 4 is 53.2 Å². The lowest BCUT2D eigenvalue weighted by molar-refractivity contribution is 0.211. The van der Waals surface area contributed by atoms with Gasteiger partial charge in [-0.25, -0.2) is 0 Å². The Balaban J connectivity index is 3.31. The molecule has 1 fully saturated rings. The van der Waals surface area contributed by atoms with Crippen molar-refractivity contribution in [2.24, 2.45) is 5.92 Å². The van der Waals surface area contributed by atoms with Crippen molar-refractivity contribution in [1.82, 2.24) is 0 Å². The molecule has 0 N–H and O–H groups in total. The molecule has 0 aromatic carbocycles. The molecule has 0 amide bonds. The van der Waals surface area contributed by atoms with E-state index < -0.39 is 29.6 Å². The van der Waals surface area contributed by atoms with Gasteiger partial charge in [-0.2, -0.15) is 0 Å². The molecule has 24 heavy (non-hydrogen) atoms. The van der Waals surface area contributed by atoms with Crippen LogP contribution in [0.2, 0.25) is 58.9 Å². The van der Waals surface area contributed by atoms with Crippen LogP contribution in [-0.4, -0.2) is 52.3 Å². The van der Waals surface area contributed by atoms with Gasteiger partial charge in [0.25, 0.3) is 0 Å². The summed E-state index contributed by atoms with van der Waals surface area (Å²) in [5.41, 5.74) is 0. The first kappa shape index (κ1) is 23.6. The molecule has 1 aliphatic rings. The highest BCUT2D eigenvalue weighted by Crippen LogP contribution is 2.53. The van der Waals surface area contributed by atoms with Crippen molar-refractivity contribution in [1.29, 1.82) is 0 Å². The van der Waals surface area contributed by atoms with Gasteiger partial charge in [-0.1, -0.05) is 65.8 Å². The third-order valence-electron chi connectivity index (χ3n) is 6.08. The second-order valence-corrected chi connectivity index (χ2v) is 52.7. The summed E-state index contributed by atoms with van der Waals surface area (Å²) in [4.78, 5) is 0. The summed E-state index contributed by atoms with van der Waals surface area (Å²) in [5.74, 6) is 0.754. The van der Waals surface area contributed by atoms with Crippen LogP contribution < -0.4 is 0 Å². The van der Waals surface area contributed by atoms with Gasteiger partial charge in [0.05, 0.1) is 26.9 Å². The fourth-order valence-corrected chi connectivity index (χ4v) is 103. The molecule has 1 saturated carbocycles. The summed E-state index contributed by atoms with van der Waals surface area (Å²) in [6.45, 7) is 24.4. The third-order valence-corrected chi connectivity index (χ3v) is 77.2. The Morgan fingerprint density at radius 2 is 1.17 bits per heavy atom. The fraction of sp³-hybridized carbons (Fsp3) is 1.00. The summed E-state index contributed by atoms with van der Waals surface area (Å²) in [5, 5.41) is 0. The average molecular weight is 439 g/mol. The van der Waals surface area contributed by atoms with Gasteiger partial charge >= 0.3 is 0 Å². The van der Waals surface area contributed by atoms with Crippen LogP contribution in [0.25, 0.3) is 0 Å². The van der Waals surface area contributed by atoms with Crippen molar-refractivity contribution < 1.29 is 4.43 Å². The minimum atomic E-state index is -1.68. The Labute approximate surface area is 164 Å². The van der Waals surface area contributed by atoms with Crippen LogP contribution >= 0.6 is 23.5 Å². The fourth-order valence-electron chi connectivity index (χ4n) is 6.07. The van der Waals surface area contributed by atoms with E-state index in [-0.39, 0.29) is 0 Å². The van der Waals surface area contributed by atoms with E-state index >= 15 is 0 Å². The van der Waals surface area contributed by atoms with Gasteiger partial charge in [-0.15, -0.1) is 23.5 Å². The smallest absolute Gasteiger partial charge is 0.158 e. The third kappa shape index (κ3) is 4.02. The molecule has 0 aromatic heterocycles. The molecule has 144 valence electrons. The van der Waals surface area contributed by atoms with Crippen LogP contribution in [0.4, 0.5) is 0 Å². The first-order valence-electron chi connectivity index (χ1n) is 9.36. The molecule has 2 unspecified atom stereocenters. The first-order chi connectivity index (χ1) is 10.6. The van der Waals surface area contributed by atoms with E-state index in [2.05, 4.69) is 102 Å². The second-order valence-electron chi connectivity index (χ2n) is 10.7. The molecular weight excluding hydrogens is 397 g/mol. The van der Waals surface area contributed by atoms with Crippen LogP contribution in [0.5, 0.6) is 0 Å². The van der Waals surface area contributed by atoms with Crippen molar-refractivity contribution in [2.75, 3.05) is 12.5 Å². The summed E-state index contributed by atoms with van der Waals surface area (Å²) in [6.07, 6.45) is 7.64. The Kier molecular flexibility index (Phi) is 7.37. The van der Waals surface area contributed by atoms with Crippen molar-refractivity contribution in [3.63, 3.8) is 0 Å². The molecule has 1 rings (SSSR count). The van der Waals surface area contributed by atoms with E-state index in [1.165, 1.54) is 12.8 Å². The maximum atomic E-state index is 7.52. The van der Waals surface area contributed by atoms with Crippen LogP contribution in [-0.2, 0) is 4.43 Å². The van der Waals surface area contributed by atoms with E-state index in [9.17, 15) is 0 Å². The zero-order chi connectivity index (χ0) is 19.2. The quantitative estimate of drug-likeness (QED) is 0.335. The summed E-state index contributed by atoms with van der Waals surface area (Å²) < 4.78 is 7.90. The van der Waals surface area contributed by atoms with Crippen molar-refractivity contribution in [2.45, 2.75) is 88.9 Å². The van der Waals surface area contributed by atoms with Gasteiger partial charge in [0.2, 0.25) is 0 Å². The van der Waals surface area contributed by atoms with Gasteiger partial charge in [0.15, 0.2) is 6.87 Å². The minimum absolute atomic E-state index is 0.378. The topological polar surface area (TPSA) is 9.23 Å². The predicted molar refractivity (Wildman–Crippen MR) is 129 cm³/mol. The van der Waals surface area contributed by atoms with Gasteiger partial charge < -0.3 is 4.43 Å². The molecule has 0 spiro atoms. The molecule has 1 nitrogen and oxygen atoms in total. The van der Waals surface area contributed by atoms with E-state index in [4.69, 9.17) is 4.43 Å². The first-order valence-corrected chi connectivity index (χ1v) is 27.2. The monoisotopic (exact) mass is 438 g/mol. The molecule has 0 radical (unpaired) electrons. The lowest BCUT2D eigenvalue weighted by Crippen LogP contribution is -2.84. The number of thioether (sulfide) groups is 2.